The SMILES string of the molecule is Br.C(=N\Nc1nc(-c2ccccc2)cs1)/c1ccccc1. The molecule has 0 atom stereocenters. The van der Waals surface area contributed by atoms with Gasteiger partial charge in [-0.2, -0.15) is 5.10 Å². The van der Waals surface area contributed by atoms with Crippen molar-refractivity contribution in [3.63, 3.8) is 0 Å². The molecule has 3 aromatic rings. The first-order valence-electron chi connectivity index (χ1n) is 6.27. The summed E-state index contributed by atoms with van der Waals surface area (Å²) in [4.78, 5) is 4.51. The van der Waals surface area contributed by atoms with Gasteiger partial charge in [-0.25, -0.2) is 4.98 Å². The monoisotopic (exact) mass is 359 g/mol. The van der Waals surface area contributed by atoms with E-state index >= 15 is 0 Å². The van der Waals surface area contributed by atoms with Crippen LogP contribution in [0.2, 0.25) is 0 Å². The summed E-state index contributed by atoms with van der Waals surface area (Å²) in [5, 5.41) is 7.00. The molecule has 1 N–H and O–H groups in total. The van der Waals surface area contributed by atoms with Crippen molar-refractivity contribution in [1.29, 1.82) is 0 Å². The first-order valence-corrected chi connectivity index (χ1v) is 7.15. The maximum Gasteiger partial charge on any atom is 0.203 e. The molecule has 0 saturated heterocycles. The van der Waals surface area contributed by atoms with Crippen LogP contribution in [0.15, 0.2) is 71.1 Å². The second kappa shape index (κ2) is 7.71. The van der Waals surface area contributed by atoms with Crippen molar-refractivity contribution >= 4 is 39.7 Å². The van der Waals surface area contributed by atoms with Crippen LogP contribution in [-0.4, -0.2) is 11.2 Å². The fourth-order valence-electron chi connectivity index (χ4n) is 1.77. The summed E-state index contributed by atoms with van der Waals surface area (Å²) in [5.41, 5.74) is 6.10. The van der Waals surface area contributed by atoms with Crippen LogP contribution in [-0.2, 0) is 0 Å². The molecule has 0 aliphatic rings. The van der Waals surface area contributed by atoms with Gasteiger partial charge in [0.1, 0.15) is 0 Å². The van der Waals surface area contributed by atoms with Crippen LogP contribution in [0.5, 0.6) is 0 Å². The van der Waals surface area contributed by atoms with Gasteiger partial charge in [-0.3, -0.25) is 5.43 Å². The molecule has 21 heavy (non-hydrogen) atoms. The summed E-state index contributed by atoms with van der Waals surface area (Å²) >= 11 is 1.54. The highest BCUT2D eigenvalue weighted by molar-refractivity contribution is 8.93. The number of halogens is 1. The zero-order valence-corrected chi connectivity index (χ0v) is 13.7. The lowest BCUT2D eigenvalue weighted by molar-refractivity contribution is 1.29. The first-order chi connectivity index (χ1) is 9.92. The normalized spacial score (nSPS) is 10.3. The number of thiazole rings is 1. The number of hydrogen-bond acceptors (Lipinski definition) is 4. The Morgan fingerprint density at radius 2 is 1.62 bits per heavy atom. The van der Waals surface area contributed by atoms with Gasteiger partial charge in [0, 0.05) is 10.9 Å². The molecule has 3 rings (SSSR count). The third-order valence-corrected chi connectivity index (χ3v) is 3.49. The Bertz CT molecular complexity index is 696. The largest absolute Gasteiger partial charge is 0.253 e. The lowest BCUT2D eigenvalue weighted by atomic mass is 10.2. The molecule has 5 heteroatoms. The molecule has 0 spiro atoms. The summed E-state index contributed by atoms with van der Waals surface area (Å²) in [6, 6.07) is 20.1. The van der Waals surface area contributed by atoms with Gasteiger partial charge < -0.3 is 0 Å². The lowest BCUT2D eigenvalue weighted by Gasteiger charge is -1.95. The van der Waals surface area contributed by atoms with Gasteiger partial charge in [0.2, 0.25) is 5.13 Å². The highest BCUT2D eigenvalue weighted by Crippen LogP contribution is 2.24. The topological polar surface area (TPSA) is 37.3 Å². The number of benzene rings is 2. The second-order valence-electron chi connectivity index (χ2n) is 4.18. The van der Waals surface area contributed by atoms with E-state index in [0.717, 1.165) is 22.0 Å². The third kappa shape index (κ3) is 4.24. The van der Waals surface area contributed by atoms with E-state index in [9.17, 15) is 0 Å². The van der Waals surface area contributed by atoms with Crippen LogP contribution in [0, 0.1) is 0 Å². The van der Waals surface area contributed by atoms with Gasteiger partial charge >= 0.3 is 0 Å². The molecule has 0 unspecified atom stereocenters. The predicted octanol–water partition coefficient (Wildman–Crippen LogP) is 4.83. The molecule has 106 valence electrons. The van der Waals surface area contributed by atoms with Crippen molar-refractivity contribution in [2.24, 2.45) is 5.10 Å². The Morgan fingerprint density at radius 1 is 0.952 bits per heavy atom. The number of rotatable bonds is 4. The minimum absolute atomic E-state index is 0. The maximum atomic E-state index is 4.51. The van der Waals surface area contributed by atoms with E-state index in [1.807, 2.05) is 66.0 Å². The molecular formula is C16H14BrN3S. The molecule has 0 aliphatic carbocycles. The molecule has 1 heterocycles. The average molecular weight is 360 g/mol. The van der Waals surface area contributed by atoms with Gasteiger partial charge in [-0.1, -0.05) is 60.7 Å². The maximum absolute atomic E-state index is 4.51. The Kier molecular flexibility index (Phi) is 5.66. The van der Waals surface area contributed by atoms with Crippen LogP contribution >= 0.6 is 28.3 Å². The average Bonchev–Trinajstić information content (AvgIpc) is 2.98. The standard InChI is InChI=1S/C16H13N3S.BrH/c1-3-7-13(8-4-1)11-17-19-16-18-15(12-20-16)14-9-5-2-6-10-14;/h1-12H,(H,18,19);1H/b17-11+;. The Hall–Kier alpha value is -1.98. The van der Waals surface area contributed by atoms with Crippen molar-refractivity contribution in [1.82, 2.24) is 4.98 Å². The lowest BCUT2D eigenvalue weighted by Crippen LogP contribution is -1.89. The van der Waals surface area contributed by atoms with E-state index in [1.165, 1.54) is 0 Å². The highest BCUT2D eigenvalue weighted by atomic mass is 79.9. The number of anilines is 1. The quantitative estimate of drug-likeness (QED) is 0.534. The molecular weight excluding hydrogens is 346 g/mol. The Morgan fingerprint density at radius 3 is 2.33 bits per heavy atom. The molecule has 1 aromatic heterocycles. The minimum atomic E-state index is 0. The Labute approximate surface area is 138 Å². The molecule has 0 amide bonds. The molecule has 3 nitrogen and oxygen atoms in total. The van der Waals surface area contributed by atoms with Crippen LogP contribution in [0.4, 0.5) is 5.13 Å². The second-order valence-corrected chi connectivity index (χ2v) is 5.04. The fraction of sp³-hybridized carbons (Fsp3) is 0. The van der Waals surface area contributed by atoms with Crippen molar-refractivity contribution in [2.45, 2.75) is 0 Å². The number of nitrogens with zero attached hydrogens (tertiary/aromatic N) is 2. The number of hydrazone groups is 1. The summed E-state index contributed by atoms with van der Waals surface area (Å²) < 4.78 is 0. The molecule has 0 fully saturated rings. The molecule has 0 saturated carbocycles. The van der Waals surface area contributed by atoms with E-state index in [4.69, 9.17) is 0 Å². The van der Waals surface area contributed by atoms with Gasteiger partial charge in [0.05, 0.1) is 11.9 Å². The van der Waals surface area contributed by atoms with E-state index in [-0.39, 0.29) is 17.0 Å². The Balaban J connectivity index is 0.00000161. The highest BCUT2D eigenvalue weighted by Gasteiger charge is 2.02. The molecule has 0 radical (unpaired) electrons. The summed E-state index contributed by atoms with van der Waals surface area (Å²) in [6.45, 7) is 0. The van der Waals surface area contributed by atoms with E-state index in [0.29, 0.717) is 0 Å². The van der Waals surface area contributed by atoms with E-state index < -0.39 is 0 Å². The number of nitrogens with one attached hydrogen (secondary N) is 1. The van der Waals surface area contributed by atoms with Crippen LogP contribution in [0.25, 0.3) is 11.3 Å². The summed E-state index contributed by atoms with van der Waals surface area (Å²) in [5.74, 6) is 0. The first kappa shape index (κ1) is 15.4. The van der Waals surface area contributed by atoms with Crippen LogP contribution in [0.1, 0.15) is 5.56 Å². The van der Waals surface area contributed by atoms with Gasteiger partial charge in [-0.05, 0) is 5.56 Å². The minimum Gasteiger partial charge on any atom is -0.253 e. The molecule has 2 aromatic carbocycles. The predicted molar refractivity (Wildman–Crippen MR) is 95.5 cm³/mol. The van der Waals surface area contributed by atoms with Gasteiger partial charge in [0.25, 0.3) is 0 Å². The van der Waals surface area contributed by atoms with Crippen molar-refractivity contribution < 1.29 is 0 Å². The zero-order chi connectivity index (χ0) is 13.6. The third-order valence-electron chi connectivity index (χ3n) is 2.75. The van der Waals surface area contributed by atoms with E-state index in [2.05, 4.69) is 15.5 Å². The summed E-state index contributed by atoms with van der Waals surface area (Å²) in [7, 11) is 0. The molecule has 0 bridgehead atoms. The molecule has 0 aliphatic heterocycles. The van der Waals surface area contributed by atoms with Gasteiger partial charge in [-0.15, -0.1) is 28.3 Å². The van der Waals surface area contributed by atoms with Gasteiger partial charge in [0.15, 0.2) is 0 Å². The van der Waals surface area contributed by atoms with Crippen molar-refractivity contribution in [3.8, 4) is 11.3 Å². The van der Waals surface area contributed by atoms with Crippen LogP contribution < -0.4 is 5.43 Å². The smallest absolute Gasteiger partial charge is 0.203 e. The zero-order valence-electron chi connectivity index (χ0n) is 11.1. The van der Waals surface area contributed by atoms with Crippen LogP contribution in [0.3, 0.4) is 0 Å². The van der Waals surface area contributed by atoms with Crippen molar-refractivity contribution in [3.05, 3.63) is 71.6 Å². The summed E-state index contributed by atoms with van der Waals surface area (Å²) in [6.07, 6.45) is 1.78. The fourth-order valence-corrected chi connectivity index (χ4v) is 2.44. The number of hydrogen-bond donors (Lipinski definition) is 1. The van der Waals surface area contributed by atoms with E-state index in [1.54, 1.807) is 17.6 Å². The van der Waals surface area contributed by atoms with Crippen molar-refractivity contribution in [2.75, 3.05) is 5.43 Å². The number of aromatic nitrogens is 1.